The minimum absolute atomic E-state index is 0.0415. The summed E-state index contributed by atoms with van der Waals surface area (Å²) in [5, 5.41) is 11.8. The molecule has 7 heteroatoms. The van der Waals surface area contributed by atoms with Crippen LogP contribution in [0.4, 0.5) is 0 Å². The van der Waals surface area contributed by atoms with Crippen molar-refractivity contribution in [3.8, 4) is 0 Å². The number of benzene rings is 2. The van der Waals surface area contributed by atoms with E-state index in [0.29, 0.717) is 17.8 Å². The van der Waals surface area contributed by atoms with Crippen LogP contribution in [-0.2, 0) is 16.1 Å². The van der Waals surface area contributed by atoms with Gasteiger partial charge in [0.05, 0.1) is 23.4 Å². The highest BCUT2D eigenvalue weighted by atomic mass is 16.2. The van der Waals surface area contributed by atoms with Crippen molar-refractivity contribution >= 4 is 33.9 Å². The normalized spacial score (nSPS) is 18.3. The first-order valence-corrected chi connectivity index (χ1v) is 9.86. The second kappa shape index (κ2) is 6.25. The van der Waals surface area contributed by atoms with Gasteiger partial charge in [-0.15, -0.1) is 5.10 Å². The van der Waals surface area contributed by atoms with Crippen LogP contribution in [0, 0.1) is 0 Å². The highest BCUT2D eigenvalue weighted by Crippen LogP contribution is 2.38. The number of fused-ring (bicyclic) bond motifs is 9. The van der Waals surface area contributed by atoms with Crippen LogP contribution >= 0.6 is 0 Å². The summed E-state index contributed by atoms with van der Waals surface area (Å²) in [5.74, 6) is -0.833. The number of hydrogen-bond acceptors (Lipinski definition) is 4. The predicted octanol–water partition coefficient (Wildman–Crippen LogP) is 2.79. The molecule has 4 bridgehead atoms. The standard InChI is InChI=1S/C23H17N5O2/c29-22-20-16-12-28(19-9-5-4-8-15(16)19)18(14-6-2-1-3-7-14)10-11-27-13-17(25-26-27)21(20)23(30)24-22/h1-9,12-13,18H,10-11H2,(H,24,29,30). The van der Waals surface area contributed by atoms with E-state index in [4.69, 9.17) is 0 Å². The Morgan fingerprint density at radius 3 is 2.53 bits per heavy atom. The summed E-state index contributed by atoms with van der Waals surface area (Å²) in [6, 6.07) is 18.3. The fourth-order valence-corrected chi connectivity index (χ4v) is 4.54. The second-order valence-electron chi connectivity index (χ2n) is 7.58. The number of rotatable bonds is 1. The van der Waals surface area contributed by atoms with E-state index >= 15 is 0 Å². The molecule has 0 aliphatic carbocycles. The summed E-state index contributed by atoms with van der Waals surface area (Å²) in [5.41, 5.74) is 3.99. The number of carbonyl (C=O) groups is 2. The molecule has 2 aliphatic heterocycles. The van der Waals surface area contributed by atoms with E-state index in [0.717, 1.165) is 22.9 Å². The fraction of sp³-hybridized carbons (Fsp3) is 0.130. The number of nitrogens with one attached hydrogen (secondary N) is 1. The summed E-state index contributed by atoms with van der Waals surface area (Å²) in [6.45, 7) is 0.632. The second-order valence-corrected chi connectivity index (χ2v) is 7.58. The molecule has 2 aromatic heterocycles. The van der Waals surface area contributed by atoms with Crippen LogP contribution in [-0.4, -0.2) is 31.4 Å². The molecule has 1 atom stereocenters. The number of aryl methyl sites for hydroxylation is 1. The van der Waals surface area contributed by atoms with Gasteiger partial charge >= 0.3 is 0 Å². The van der Waals surface area contributed by atoms with Crippen molar-refractivity contribution in [2.24, 2.45) is 0 Å². The van der Waals surface area contributed by atoms with Crippen LogP contribution < -0.4 is 5.32 Å². The van der Waals surface area contributed by atoms with Crippen LogP contribution in [0.5, 0.6) is 0 Å². The molecule has 2 aromatic carbocycles. The van der Waals surface area contributed by atoms with E-state index in [1.54, 1.807) is 10.9 Å². The van der Waals surface area contributed by atoms with Gasteiger partial charge < -0.3 is 4.57 Å². The first-order chi connectivity index (χ1) is 14.7. The highest BCUT2D eigenvalue weighted by Gasteiger charge is 2.36. The van der Waals surface area contributed by atoms with Gasteiger partial charge in [-0.2, -0.15) is 0 Å². The van der Waals surface area contributed by atoms with Gasteiger partial charge in [0.15, 0.2) is 0 Å². The molecule has 4 aromatic rings. The lowest BCUT2D eigenvalue weighted by atomic mass is 9.99. The average Bonchev–Trinajstić information content (AvgIpc) is 3.44. The SMILES string of the molecule is O=C1NC(=O)C2=C1c1cn(nn1)CCC(c1ccccc1)n1cc2c2ccccc21. The zero-order chi connectivity index (χ0) is 20.2. The Morgan fingerprint density at radius 2 is 1.67 bits per heavy atom. The maximum absolute atomic E-state index is 12.8. The average molecular weight is 395 g/mol. The van der Waals surface area contributed by atoms with Gasteiger partial charge in [0.1, 0.15) is 5.69 Å². The Morgan fingerprint density at radius 1 is 0.900 bits per heavy atom. The molecule has 30 heavy (non-hydrogen) atoms. The topological polar surface area (TPSA) is 81.8 Å². The molecule has 0 fully saturated rings. The maximum Gasteiger partial charge on any atom is 0.261 e. The Kier molecular flexibility index (Phi) is 3.52. The predicted molar refractivity (Wildman–Crippen MR) is 111 cm³/mol. The Balaban J connectivity index is 1.71. The third-order valence-corrected chi connectivity index (χ3v) is 5.89. The van der Waals surface area contributed by atoms with Gasteiger partial charge in [-0.3, -0.25) is 19.6 Å². The van der Waals surface area contributed by atoms with Crippen molar-refractivity contribution in [1.82, 2.24) is 24.9 Å². The molecule has 2 aliphatic rings. The van der Waals surface area contributed by atoms with Gasteiger partial charge in [-0.1, -0.05) is 53.7 Å². The lowest BCUT2D eigenvalue weighted by Crippen LogP contribution is -2.22. The molecule has 6 rings (SSSR count). The molecular formula is C23H17N5O2. The zero-order valence-corrected chi connectivity index (χ0v) is 15.9. The number of para-hydroxylation sites is 1. The summed E-state index contributed by atoms with van der Waals surface area (Å²) < 4.78 is 3.95. The lowest BCUT2D eigenvalue weighted by Gasteiger charge is -2.21. The molecule has 4 heterocycles. The molecule has 0 radical (unpaired) electrons. The van der Waals surface area contributed by atoms with Crippen molar-refractivity contribution < 1.29 is 9.59 Å². The van der Waals surface area contributed by atoms with E-state index < -0.39 is 11.8 Å². The maximum atomic E-state index is 12.8. The van der Waals surface area contributed by atoms with Crippen LogP contribution in [0.3, 0.4) is 0 Å². The van der Waals surface area contributed by atoms with Crippen molar-refractivity contribution in [2.75, 3.05) is 0 Å². The number of aromatic nitrogens is 4. The minimum atomic E-state index is -0.433. The molecule has 0 spiro atoms. The van der Waals surface area contributed by atoms with Crippen LogP contribution in [0.15, 0.2) is 67.0 Å². The Hall–Kier alpha value is -4.00. The number of amides is 2. The molecule has 1 unspecified atom stereocenters. The van der Waals surface area contributed by atoms with Gasteiger partial charge in [0, 0.05) is 29.2 Å². The molecule has 7 nitrogen and oxygen atoms in total. The van der Waals surface area contributed by atoms with Crippen LogP contribution in [0.25, 0.3) is 22.0 Å². The smallest absolute Gasteiger partial charge is 0.261 e. The fourth-order valence-electron chi connectivity index (χ4n) is 4.54. The van der Waals surface area contributed by atoms with Gasteiger partial charge in [0.2, 0.25) is 0 Å². The third-order valence-electron chi connectivity index (χ3n) is 5.89. The highest BCUT2D eigenvalue weighted by molar-refractivity contribution is 6.49. The Labute approximate surface area is 171 Å². The number of nitrogens with zero attached hydrogens (tertiary/aromatic N) is 4. The number of hydrogen-bond donors (Lipinski definition) is 1. The van der Waals surface area contributed by atoms with E-state index in [1.165, 1.54) is 5.56 Å². The number of imide groups is 1. The first-order valence-electron chi connectivity index (χ1n) is 9.86. The molecule has 0 saturated carbocycles. The number of carbonyl (C=O) groups excluding carboxylic acids is 2. The van der Waals surface area contributed by atoms with Crippen LogP contribution in [0.2, 0.25) is 0 Å². The van der Waals surface area contributed by atoms with Crippen molar-refractivity contribution in [1.29, 1.82) is 0 Å². The van der Waals surface area contributed by atoms with Crippen molar-refractivity contribution in [2.45, 2.75) is 19.0 Å². The Bertz CT molecular complexity index is 1360. The first kappa shape index (κ1) is 16.9. The lowest BCUT2D eigenvalue weighted by molar-refractivity contribution is -0.122. The van der Waals surface area contributed by atoms with Gasteiger partial charge in [-0.05, 0) is 18.1 Å². The molecule has 0 saturated heterocycles. The summed E-state index contributed by atoms with van der Waals surface area (Å²) in [7, 11) is 0. The monoisotopic (exact) mass is 395 g/mol. The zero-order valence-electron chi connectivity index (χ0n) is 15.9. The van der Waals surface area contributed by atoms with E-state index in [-0.39, 0.29) is 11.6 Å². The quantitative estimate of drug-likeness (QED) is 0.503. The van der Waals surface area contributed by atoms with E-state index in [9.17, 15) is 9.59 Å². The molecule has 2 amide bonds. The molecule has 146 valence electrons. The van der Waals surface area contributed by atoms with Crippen LogP contribution in [0.1, 0.15) is 29.3 Å². The van der Waals surface area contributed by atoms with E-state index in [2.05, 4.69) is 38.4 Å². The summed E-state index contributed by atoms with van der Waals surface area (Å²) in [4.78, 5) is 25.5. The van der Waals surface area contributed by atoms with Gasteiger partial charge in [-0.25, -0.2) is 0 Å². The minimum Gasteiger partial charge on any atom is -0.339 e. The third kappa shape index (κ3) is 2.38. The molecule has 1 N–H and O–H groups in total. The van der Waals surface area contributed by atoms with E-state index in [1.807, 2.05) is 42.6 Å². The largest absolute Gasteiger partial charge is 0.339 e. The van der Waals surface area contributed by atoms with Crippen molar-refractivity contribution in [3.63, 3.8) is 0 Å². The van der Waals surface area contributed by atoms with Crippen molar-refractivity contribution in [3.05, 3.63) is 83.8 Å². The molecular weight excluding hydrogens is 378 g/mol. The van der Waals surface area contributed by atoms with Gasteiger partial charge in [0.25, 0.3) is 11.8 Å². The summed E-state index contributed by atoms with van der Waals surface area (Å²) >= 11 is 0. The summed E-state index contributed by atoms with van der Waals surface area (Å²) in [6.07, 6.45) is 4.54.